The van der Waals surface area contributed by atoms with E-state index in [1.807, 2.05) is 38.1 Å². The van der Waals surface area contributed by atoms with Gasteiger partial charge >= 0.3 is 5.97 Å². The smallest absolute Gasteiger partial charge is 0.340 e. The van der Waals surface area contributed by atoms with Gasteiger partial charge in [0.2, 0.25) is 5.91 Å². The van der Waals surface area contributed by atoms with Gasteiger partial charge in [-0.2, -0.15) is 0 Å². The summed E-state index contributed by atoms with van der Waals surface area (Å²) in [5.41, 5.74) is 4.52. The van der Waals surface area contributed by atoms with Crippen molar-refractivity contribution < 1.29 is 14.3 Å². The summed E-state index contributed by atoms with van der Waals surface area (Å²) in [5, 5.41) is 2.88. The molecule has 2 N–H and O–H groups in total. The molecule has 1 aliphatic rings. The largest absolute Gasteiger partial charge is 0.462 e. The van der Waals surface area contributed by atoms with Gasteiger partial charge in [0.25, 0.3) is 0 Å². The summed E-state index contributed by atoms with van der Waals surface area (Å²) in [4.78, 5) is 27.7. The molecule has 5 nitrogen and oxygen atoms in total. The highest BCUT2D eigenvalue weighted by atomic mass is 16.5. The minimum absolute atomic E-state index is 0.0824. The van der Waals surface area contributed by atoms with Crippen molar-refractivity contribution in [2.24, 2.45) is 0 Å². The fourth-order valence-corrected chi connectivity index (χ4v) is 3.07. The van der Waals surface area contributed by atoms with E-state index in [-0.39, 0.29) is 11.9 Å². The van der Waals surface area contributed by atoms with Crippen molar-refractivity contribution >= 4 is 17.6 Å². The average Bonchev–Trinajstić information content (AvgIpc) is 2.95. The van der Waals surface area contributed by atoms with E-state index in [1.54, 1.807) is 6.92 Å². The molecule has 1 aliphatic heterocycles. The molecule has 1 aromatic carbocycles. The van der Waals surface area contributed by atoms with Gasteiger partial charge in [-0.25, -0.2) is 4.79 Å². The Balaban J connectivity index is 2.09. The molecule has 0 fully saturated rings. The second kappa shape index (κ2) is 5.33. The number of ether oxygens (including phenoxy) is 1. The zero-order valence-electron chi connectivity index (χ0n) is 12.8. The van der Waals surface area contributed by atoms with E-state index in [0.29, 0.717) is 12.2 Å². The molecule has 2 aromatic rings. The van der Waals surface area contributed by atoms with Crippen molar-refractivity contribution in [3.8, 4) is 0 Å². The highest BCUT2D eigenvalue weighted by Gasteiger charge is 2.35. The fraction of sp³-hybridized carbons (Fsp3) is 0.294. The standard InChI is InChI=1S/C17H18N2O3/c1-4-22-17(21)13-9(2)15(18-10(13)3)14-11-7-5-6-8-12(11)19-16(14)20/h5-8,14,18H,4H2,1-3H3,(H,19,20). The Morgan fingerprint density at radius 2 is 2.00 bits per heavy atom. The molecule has 0 saturated carbocycles. The first-order chi connectivity index (χ1) is 10.5. The molecule has 0 bridgehead atoms. The fourth-order valence-electron chi connectivity index (χ4n) is 3.07. The molecule has 114 valence electrons. The van der Waals surface area contributed by atoms with Crippen LogP contribution in [0, 0.1) is 13.8 Å². The summed E-state index contributed by atoms with van der Waals surface area (Å²) < 4.78 is 5.10. The summed E-state index contributed by atoms with van der Waals surface area (Å²) in [6.45, 7) is 5.77. The van der Waals surface area contributed by atoms with E-state index in [1.165, 1.54) is 0 Å². The number of carbonyl (C=O) groups excluding carboxylic acids is 2. The van der Waals surface area contributed by atoms with E-state index < -0.39 is 5.92 Å². The van der Waals surface area contributed by atoms with E-state index in [2.05, 4.69) is 10.3 Å². The van der Waals surface area contributed by atoms with Gasteiger partial charge in [-0.1, -0.05) is 18.2 Å². The minimum atomic E-state index is -0.418. The summed E-state index contributed by atoms with van der Waals surface area (Å²) in [6, 6.07) is 7.60. The van der Waals surface area contributed by atoms with Gasteiger partial charge < -0.3 is 15.0 Å². The summed E-state index contributed by atoms with van der Waals surface area (Å²) >= 11 is 0. The Morgan fingerprint density at radius 3 is 2.73 bits per heavy atom. The number of anilines is 1. The van der Waals surface area contributed by atoms with Gasteiger partial charge in [-0.3, -0.25) is 4.79 Å². The number of para-hydroxylation sites is 1. The number of aromatic amines is 1. The number of hydrogen-bond donors (Lipinski definition) is 2. The summed E-state index contributed by atoms with van der Waals surface area (Å²) in [5.74, 6) is -0.856. The Kier molecular flexibility index (Phi) is 3.48. The number of amides is 1. The van der Waals surface area contributed by atoms with Gasteiger partial charge in [0.15, 0.2) is 0 Å². The zero-order valence-corrected chi connectivity index (χ0v) is 12.8. The predicted molar refractivity (Wildman–Crippen MR) is 83.1 cm³/mol. The molecule has 0 aliphatic carbocycles. The monoisotopic (exact) mass is 298 g/mol. The molecule has 0 radical (unpaired) electrons. The SMILES string of the molecule is CCOC(=O)c1c(C)[nH]c(C2C(=O)Nc3ccccc32)c1C. The van der Waals surface area contributed by atoms with Crippen LogP contribution in [0.2, 0.25) is 0 Å². The number of esters is 1. The van der Waals surface area contributed by atoms with Crippen LogP contribution >= 0.6 is 0 Å². The molecule has 0 spiro atoms. The Bertz CT molecular complexity index is 761. The molecular formula is C17H18N2O3. The Labute approximate surface area is 128 Å². The molecule has 3 rings (SSSR count). The molecule has 0 saturated heterocycles. The van der Waals surface area contributed by atoms with Crippen molar-refractivity contribution in [3.05, 3.63) is 52.3 Å². The molecule has 22 heavy (non-hydrogen) atoms. The molecule has 5 heteroatoms. The van der Waals surface area contributed by atoms with Gasteiger partial charge in [-0.15, -0.1) is 0 Å². The lowest BCUT2D eigenvalue weighted by molar-refractivity contribution is -0.116. The van der Waals surface area contributed by atoms with Crippen LogP contribution in [-0.2, 0) is 9.53 Å². The van der Waals surface area contributed by atoms with Crippen LogP contribution in [0.5, 0.6) is 0 Å². The minimum Gasteiger partial charge on any atom is -0.462 e. The lowest BCUT2D eigenvalue weighted by atomic mass is 9.94. The first kappa shape index (κ1) is 14.4. The third-order valence-corrected chi connectivity index (χ3v) is 4.04. The number of fused-ring (bicyclic) bond motifs is 1. The maximum absolute atomic E-state index is 12.4. The Hall–Kier alpha value is -2.56. The van der Waals surface area contributed by atoms with Crippen molar-refractivity contribution in [2.75, 3.05) is 11.9 Å². The quantitative estimate of drug-likeness (QED) is 0.856. The second-order valence-electron chi connectivity index (χ2n) is 5.39. The van der Waals surface area contributed by atoms with Crippen LogP contribution in [0.25, 0.3) is 0 Å². The van der Waals surface area contributed by atoms with E-state index in [9.17, 15) is 9.59 Å². The van der Waals surface area contributed by atoms with Gasteiger partial charge in [-0.05, 0) is 38.0 Å². The number of hydrogen-bond acceptors (Lipinski definition) is 3. The van der Waals surface area contributed by atoms with E-state index in [4.69, 9.17) is 4.74 Å². The average molecular weight is 298 g/mol. The lowest BCUT2D eigenvalue weighted by Gasteiger charge is -2.09. The molecule has 1 atom stereocenters. The second-order valence-corrected chi connectivity index (χ2v) is 5.39. The van der Waals surface area contributed by atoms with Gasteiger partial charge in [0, 0.05) is 17.1 Å². The van der Waals surface area contributed by atoms with Crippen LogP contribution in [0.15, 0.2) is 24.3 Å². The van der Waals surface area contributed by atoms with E-state index in [0.717, 1.165) is 28.2 Å². The molecular weight excluding hydrogens is 280 g/mol. The van der Waals surface area contributed by atoms with Crippen LogP contribution in [0.1, 0.15) is 45.7 Å². The summed E-state index contributed by atoms with van der Waals surface area (Å²) in [6.07, 6.45) is 0. The third kappa shape index (κ3) is 2.09. The Morgan fingerprint density at radius 1 is 1.27 bits per heavy atom. The first-order valence-corrected chi connectivity index (χ1v) is 7.30. The van der Waals surface area contributed by atoms with E-state index >= 15 is 0 Å². The van der Waals surface area contributed by atoms with Crippen LogP contribution < -0.4 is 5.32 Å². The normalized spacial score (nSPS) is 16.3. The lowest BCUT2D eigenvalue weighted by Crippen LogP contribution is -2.14. The summed E-state index contributed by atoms with van der Waals surface area (Å²) in [7, 11) is 0. The number of rotatable bonds is 3. The number of nitrogens with one attached hydrogen (secondary N) is 2. The van der Waals surface area contributed by atoms with Crippen molar-refractivity contribution in [1.29, 1.82) is 0 Å². The van der Waals surface area contributed by atoms with Gasteiger partial charge in [0.1, 0.15) is 5.92 Å². The first-order valence-electron chi connectivity index (χ1n) is 7.30. The van der Waals surface area contributed by atoms with Gasteiger partial charge in [0.05, 0.1) is 12.2 Å². The molecule has 1 aromatic heterocycles. The highest BCUT2D eigenvalue weighted by Crippen LogP contribution is 2.38. The maximum Gasteiger partial charge on any atom is 0.340 e. The predicted octanol–water partition coefficient (Wildman–Crippen LogP) is 2.89. The van der Waals surface area contributed by atoms with Crippen LogP contribution in [0.4, 0.5) is 5.69 Å². The van der Waals surface area contributed by atoms with Crippen molar-refractivity contribution in [3.63, 3.8) is 0 Å². The highest BCUT2D eigenvalue weighted by molar-refractivity contribution is 6.05. The number of benzene rings is 1. The number of H-pyrrole nitrogens is 1. The molecule has 1 unspecified atom stereocenters. The number of aryl methyl sites for hydroxylation is 1. The molecule has 1 amide bonds. The maximum atomic E-state index is 12.4. The number of carbonyl (C=O) groups is 2. The molecule has 2 heterocycles. The third-order valence-electron chi connectivity index (χ3n) is 4.04. The van der Waals surface area contributed by atoms with Crippen LogP contribution in [0.3, 0.4) is 0 Å². The van der Waals surface area contributed by atoms with Crippen molar-refractivity contribution in [2.45, 2.75) is 26.7 Å². The number of aromatic nitrogens is 1. The zero-order chi connectivity index (χ0) is 15.9. The topological polar surface area (TPSA) is 71.2 Å². The van der Waals surface area contributed by atoms with Crippen LogP contribution in [-0.4, -0.2) is 23.5 Å². The van der Waals surface area contributed by atoms with Crippen molar-refractivity contribution in [1.82, 2.24) is 4.98 Å².